The molecule has 0 saturated carbocycles. The second kappa shape index (κ2) is 4.05. The Balaban J connectivity index is 3.25. The minimum absolute atomic E-state index is 0.266. The van der Waals surface area contributed by atoms with E-state index >= 15 is 0 Å². The number of aryl methyl sites for hydroxylation is 1. The molecule has 0 aromatic heterocycles. The van der Waals surface area contributed by atoms with Gasteiger partial charge < -0.3 is 0 Å². The van der Waals surface area contributed by atoms with E-state index in [2.05, 4.69) is 0 Å². The summed E-state index contributed by atoms with van der Waals surface area (Å²) in [5.41, 5.74) is -0.244. The van der Waals surface area contributed by atoms with Crippen molar-refractivity contribution in [3.05, 3.63) is 29.1 Å². The van der Waals surface area contributed by atoms with Crippen molar-refractivity contribution in [3.8, 4) is 0 Å². The lowest BCUT2D eigenvalue weighted by Crippen LogP contribution is -1.94. The van der Waals surface area contributed by atoms with Crippen LogP contribution in [0.4, 0.5) is 13.2 Å². The van der Waals surface area contributed by atoms with Crippen molar-refractivity contribution < 1.29 is 13.2 Å². The second-order valence-corrected chi connectivity index (χ2v) is 3.53. The van der Waals surface area contributed by atoms with Crippen LogP contribution in [0.25, 0.3) is 0 Å². The SMILES string of the molecule is CSc1cc(C)c(F)c(C(F)F)c1. The van der Waals surface area contributed by atoms with Crippen LogP contribution in [-0.2, 0) is 0 Å². The molecule has 0 unspecified atom stereocenters. The molecule has 4 heteroatoms. The fourth-order valence-electron chi connectivity index (χ4n) is 1.04. The summed E-state index contributed by atoms with van der Waals surface area (Å²) >= 11 is 1.32. The Morgan fingerprint density at radius 2 is 1.92 bits per heavy atom. The highest BCUT2D eigenvalue weighted by atomic mass is 32.2. The number of benzene rings is 1. The van der Waals surface area contributed by atoms with Gasteiger partial charge >= 0.3 is 0 Å². The van der Waals surface area contributed by atoms with Gasteiger partial charge in [0, 0.05) is 4.90 Å². The van der Waals surface area contributed by atoms with Crippen LogP contribution in [0, 0.1) is 12.7 Å². The number of alkyl halides is 2. The van der Waals surface area contributed by atoms with E-state index in [0.717, 1.165) is 0 Å². The van der Waals surface area contributed by atoms with Gasteiger partial charge in [0.2, 0.25) is 0 Å². The quantitative estimate of drug-likeness (QED) is 0.663. The third kappa shape index (κ3) is 2.18. The second-order valence-electron chi connectivity index (χ2n) is 2.65. The molecule has 72 valence electrons. The predicted molar refractivity (Wildman–Crippen MR) is 47.9 cm³/mol. The van der Waals surface area contributed by atoms with Crippen LogP contribution in [0.3, 0.4) is 0 Å². The number of rotatable bonds is 2. The summed E-state index contributed by atoms with van der Waals surface area (Å²) in [6, 6.07) is 2.75. The molecule has 0 radical (unpaired) electrons. The van der Waals surface area contributed by atoms with Crippen molar-refractivity contribution in [3.63, 3.8) is 0 Å². The minimum Gasteiger partial charge on any atom is -0.206 e. The monoisotopic (exact) mass is 206 g/mol. The largest absolute Gasteiger partial charge is 0.266 e. The van der Waals surface area contributed by atoms with E-state index in [0.29, 0.717) is 4.90 Å². The first-order valence-electron chi connectivity index (χ1n) is 3.68. The molecular formula is C9H9F3S. The summed E-state index contributed by atoms with van der Waals surface area (Å²) < 4.78 is 37.6. The Bertz CT molecular complexity index is 310. The van der Waals surface area contributed by atoms with E-state index in [4.69, 9.17) is 0 Å². The van der Waals surface area contributed by atoms with Crippen molar-refractivity contribution in [2.75, 3.05) is 6.26 Å². The van der Waals surface area contributed by atoms with Crippen LogP contribution in [-0.4, -0.2) is 6.26 Å². The highest BCUT2D eigenvalue weighted by molar-refractivity contribution is 7.98. The van der Waals surface area contributed by atoms with Gasteiger partial charge in [0.1, 0.15) is 5.82 Å². The Labute approximate surface area is 79.1 Å². The van der Waals surface area contributed by atoms with Crippen LogP contribution in [0.2, 0.25) is 0 Å². The summed E-state index contributed by atoms with van der Waals surface area (Å²) in [6.45, 7) is 1.49. The molecule has 1 aromatic rings. The van der Waals surface area contributed by atoms with E-state index in [-0.39, 0.29) is 5.56 Å². The Hall–Kier alpha value is -0.640. The van der Waals surface area contributed by atoms with Crippen LogP contribution in [0.1, 0.15) is 17.6 Å². The molecular weight excluding hydrogens is 197 g/mol. The van der Waals surface area contributed by atoms with E-state index in [1.54, 1.807) is 12.3 Å². The van der Waals surface area contributed by atoms with Gasteiger partial charge in [-0.05, 0) is 30.9 Å². The Morgan fingerprint density at radius 1 is 1.31 bits per heavy atom. The zero-order chi connectivity index (χ0) is 10.0. The maximum absolute atomic E-state index is 13.1. The summed E-state index contributed by atoms with van der Waals surface area (Å²) in [4.78, 5) is 0.661. The highest BCUT2D eigenvalue weighted by Gasteiger charge is 2.15. The first kappa shape index (κ1) is 10.4. The molecule has 0 nitrogen and oxygen atoms in total. The van der Waals surface area contributed by atoms with Gasteiger partial charge in [-0.1, -0.05) is 0 Å². The van der Waals surface area contributed by atoms with Crippen molar-refractivity contribution in [2.45, 2.75) is 18.2 Å². The van der Waals surface area contributed by atoms with E-state index in [1.165, 1.54) is 24.8 Å². The van der Waals surface area contributed by atoms with Gasteiger partial charge in [-0.2, -0.15) is 0 Å². The normalized spacial score (nSPS) is 10.9. The summed E-state index contributed by atoms with van der Waals surface area (Å²) in [5, 5.41) is 0. The molecule has 0 aliphatic carbocycles. The molecule has 0 amide bonds. The van der Waals surface area contributed by atoms with Gasteiger partial charge in [-0.25, -0.2) is 13.2 Å². The fraction of sp³-hybridized carbons (Fsp3) is 0.333. The third-order valence-electron chi connectivity index (χ3n) is 1.73. The average Bonchev–Trinajstić information content (AvgIpc) is 2.09. The maximum atomic E-state index is 13.1. The third-order valence-corrected chi connectivity index (χ3v) is 2.43. The van der Waals surface area contributed by atoms with E-state index in [1.807, 2.05) is 0 Å². The highest BCUT2D eigenvalue weighted by Crippen LogP contribution is 2.28. The molecule has 0 atom stereocenters. The number of hydrogen-bond donors (Lipinski definition) is 0. The lowest BCUT2D eigenvalue weighted by Gasteiger charge is -2.06. The van der Waals surface area contributed by atoms with Gasteiger partial charge in [-0.3, -0.25) is 0 Å². The predicted octanol–water partition coefficient (Wildman–Crippen LogP) is 3.79. The zero-order valence-electron chi connectivity index (χ0n) is 7.27. The number of hydrogen-bond acceptors (Lipinski definition) is 1. The molecule has 0 heterocycles. The topological polar surface area (TPSA) is 0 Å². The molecule has 0 spiro atoms. The van der Waals surface area contributed by atoms with Crippen LogP contribution in [0.15, 0.2) is 17.0 Å². The summed E-state index contributed by atoms with van der Waals surface area (Å²) in [6.07, 6.45) is -0.979. The van der Waals surface area contributed by atoms with Crippen molar-refractivity contribution >= 4 is 11.8 Å². The lowest BCUT2D eigenvalue weighted by atomic mass is 10.1. The van der Waals surface area contributed by atoms with Gasteiger partial charge in [0.15, 0.2) is 0 Å². The number of thioether (sulfide) groups is 1. The lowest BCUT2D eigenvalue weighted by molar-refractivity contribution is 0.146. The van der Waals surface area contributed by atoms with Crippen molar-refractivity contribution in [2.24, 2.45) is 0 Å². The van der Waals surface area contributed by atoms with Gasteiger partial charge in [-0.15, -0.1) is 11.8 Å². The molecule has 13 heavy (non-hydrogen) atoms. The Morgan fingerprint density at radius 3 is 2.38 bits per heavy atom. The molecule has 0 fully saturated rings. The first-order valence-corrected chi connectivity index (χ1v) is 4.91. The number of halogens is 3. The Kier molecular flexibility index (Phi) is 3.25. The molecule has 0 aliphatic heterocycles. The van der Waals surface area contributed by atoms with E-state index in [9.17, 15) is 13.2 Å². The molecule has 0 N–H and O–H groups in total. The molecule has 0 bridgehead atoms. The smallest absolute Gasteiger partial charge is 0.206 e. The molecule has 1 aromatic carbocycles. The van der Waals surface area contributed by atoms with Crippen molar-refractivity contribution in [1.29, 1.82) is 0 Å². The van der Waals surface area contributed by atoms with Crippen LogP contribution < -0.4 is 0 Å². The molecule has 0 aliphatic rings. The minimum atomic E-state index is -2.74. The van der Waals surface area contributed by atoms with Gasteiger partial charge in [0.05, 0.1) is 5.56 Å². The standard InChI is InChI=1S/C9H9F3S/c1-5-3-6(13-2)4-7(8(5)10)9(11)12/h3-4,9H,1-2H3. The summed E-state index contributed by atoms with van der Waals surface area (Å²) in [5.74, 6) is -0.798. The van der Waals surface area contributed by atoms with Crippen LogP contribution >= 0.6 is 11.8 Å². The maximum Gasteiger partial charge on any atom is 0.266 e. The van der Waals surface area contributed by atoms with Crippen LogP contribution in [0.5, 0.6) is 0 Å². The molecule has 0 saturated heterocycles. The first-order chi connectivity index (χ1) is 6.06. The molecule has 1 rings (SSSR count). The fourth-order valence-corrected chi connectivity index (χ4v) is 1.58. The zero-order valence-corrected chi connectivity index (χ0v) is 8.09. The van der Waals surface area contributed by atoms with Gasteiger partial charge in [0.25, 0.3) is 6.43 Å². The average molecular weight is 206 g/mol. The van der Waals surface area contributed by atoms with E-state index < -0.39 is 17.8 Å². The van der Waals surface area contributed by atoms with Crippen molar-refractivity contribution in [1.82, 2.24) is 0 Å². The summed E-state index contributed by atoms with van der Waals surface area (Å²) in [7, 11) is 0.